The van der Waals surface area contributed by atoms with Gasteiger partial charge in [-0.3, -0.25) is 4.79 Å². The zero-order valence-corrected chi connectivity index (χ0v) is 12.1. The van der Waals surface area contributed by atoms with Crippen LogP contribution in [-0.2, 0) is 4.79 Å². The lowest BCUT2D eigenvalue weighted by molar-refractivity contribution is -0.129. The van der Waals surface area contributed by atoms with Crippen molar-refractivity contribution < 1.29 is 9.53 Å². The molecule has 1 amide bonds. The van der Waals surface area contributed by atoms with Gasteiger partial charge in [-0.05, 0) is 31.5 Å². The molecule has 0 saturated carbocycles. The van der Waals surface area contributed by atoms with Crippen molar-refractivity contribution in [3.05, 3.63) is 29.8 Å². The Labute approximate surface area is 115 Å². The lowest BCUT2D eigenvalue weighted by Gasteiger charge is -2.18. The molecule has 4 heteroatoms. The highest BCUT2D eigenvalue weighted by atomic mass is 16.5. The smallest absolute Gasteiger partial charge is 0.236 e. The summed E-state index contributed by atoms with van der Waals surface area (Å²) < 4.78 is 5.67. The standard InChI is InChI=1S/C15H24N2O2/c1-4-9-16-12-15(18)17(3)10-11-19-14-8-6-5-7-13(14)2/h5-8,16H,4,9-12H2,1-3H3. The number of para-hydroxylation sites is 1. The maximum atomic E-state index is 11.7. The minimum absolute atomic E-state index is 0.0989. The van der Waals surface area contributed by atoms with Crippen LogP contribution >= 0.6 is 0 Å². The molecule has 0 aromatic heterocycles. The van der Waals surface area contributed by atoms with Gasteiger partial charge in [0.1, 0.15) is 12.4 Å². The number of rotatable bonds is 8. The van der Waals surface area contributed by atoms with E-state index in [9.17, 15) is 4.79 Å². The minimum Gasteiger partial charge on any atom is -0.491 e. The van der Waals surface area contributed by atoms with E-state index in [1.165, 1.54) is 0 Å². The summed E-state index contributed by atoms with van der Waals surface area (Å²) in [5, 5.41) is 3.10. The Bertz CT molecular complexity index is 393. The summed E-state index contributed by atoms with van der Waals surface area (Å²) in [5.41, 5.74) is 1.11. The first-order chi connectivity index (χ1) is 9.15. The fraction of sp³-hybridized carbons (Fsp3) is 0.533. The molecule has 0 unspecified atom stereocenters. The van der Waals surface area contributed by atoms with Crippen molar-refractivity contribution in [1.29, 1.82) is 0 Å². The molecule has 0 heterocycles. The van der Waals surface area contributed by atoms with Crippen LogP contribution in [0.3, 0.4) is 0 Å². The molecule has 0 atom stereocenters. The third-order valence-corrected chi connectivity index (χ3v) is 2.91. The predicted octanol–water partition coefficient (Wildman–Crippen LogP) is 1.83. The number of carbonyl (C=O) groups excluding carboxylic acids is 1. The third kappa shape index (κ3) is 5.75. The highest BCUT2D eigenvalue weighted by Crippen LogP contribution is 2.15. The molecule has 106 valence electrons. The van der Waals surface area contributed by atoms with Gasteiger partial charge >= 0.3 is 0 Å². The molecule has 19 heavy (non-hydrogen) atoms. The number of ether oxygens (including phenoxy) is 1. The molecular weight excluding hydrogens is 240 g/mol. The topological polar surface area (TPSA) is 41.6 Å². The number of likely N-dealkylation sites (N-methyl/N-ethyl adjacent to an activating group) is 1. The van der Waals surface area contributed by atoms with Crippen molar-refractivity contribution in [3.8, 4) is 5.75 Å². The van der Waals surface area contributed by atoms with Crippen LogP contribution in [0, 0.1) is 6.92 Å². The van der Waals surface area contributed by atoms with E-state index in [-0.39, 0.29) is 5.91 Å². The molecule has 0 aliphatic heterocycles. The second-order valence-corrected chi connectivity index (χ2v) is 4.61. The average molecular weight is 264 g/mol. The first-order valence-corrected chi connectivity index (χ1v) is 6.78. The normalized spacial score (nSPS) is 10.3. The van der Waals surface area contributed by atoms with Gasteiger partial charge in [-0.2, -0.15) is 0 Å². The summed E-state index contributed by atoms with van der Waals surface area (Å²) in [5.74, 6) is 0.981. The molecule has 0 aliphatic carbocycles. The summed E-state index contributed by atoms with van der Waals surface area (Å²) in [7, 11) is 1.80. The van der Waals surface area contributed by atoms with Gasteiger partial charge in [0.15, 0.2) is 0 Å². The van der Waals surface area contributed by atoms with Crippen molar-refractivity contribution >= 4 is 5.91 Å². The van der Waals surface area contributed by atoms with Gasteiger partial charge in [-0.15, -0.1) is 0 Å². The number of nitrogens with zero attached hydrogens (tertiary/aromatic N) is 1. The van der Waals surface area contributed by atoms with Crippen LogP contribution in [0.1, 0.15) is 18.9 Å². The molecule has 1 N–H and O–H groups in total. The van der Waals surface area contributed by atoms with Gasteiger partial charge in [0.05, 0.1) is 13.1 Å². The van der Waals surface area contributed by atoms with Gasteiger partial charge in [0, 0.05) is 7.05 Å². The zero-order valence-electron chi connectivity index (χ0n) is 12.1. The molecule has 1 aromatic carbocycles. The number of amides is 1. The molecular formula is C15H24N2O2. The summed E-state index contributed by atoms with van der Waals surface area (Å²) in [6.45, 7) is 6.48. The Kier molecular flexibility index (Phi) is 6.97. The monoisotopic (exact) mass is 264 g/mol. The summed E-state index contributed by atoms with van der Waals surface area (Å²) >= 11 is 0. The fourth-order valence-electron chi connectivity index (χ4n) is 1.64. The van der Waals surface area contributed by atoms with E-state index in [0.29, 0.717) is 19.7 Å². The molecule has 1 aromatic rings. The molecule has 0 aliphatic rings. The van der Waals surface area contributed by atoms with E-state index in [1.54, 1.807) is 11.9 Å². The highest BCUT2D eigenvalue weighted by Gasteiger charge is 2.07. The van der Waals surface area contributed by atoms with Gasteiger partial charge in [-0.25, -0.2) is 0 Å². The first kappa shape index (κ1) is 15.5. The van der Waals surface area contributed by atoms with Crippen LogP contribution in [0.4, 0.5) is 0 Å². The first-order valence-electron chi connectivity index (χ1n) is 6.78. The Morgan fingerprint density at radius 2 is 2.11 bits per heavy atom. The van der Waals surface area contributed by atoms with E-state index < -0.39 is 0 Å². The fourth-order valence-corrected chi connectivity index (χ4v) is 1.64. The highest BCUT2D eigenvalue weighted by molar-refractivity contribution is 5.77. The molecule has 0 radical (unpaired) electrons. The molecule has 0 bridgehead atoms. The lowest BCUT2D eigenvalue weighted by Crippen LogP contribution is -2.37. The summed E-state index contributed by atoms with van der Waals surface area (Å²) in [4.78, 5) is 13.4. The SMILES string of the molecule is CCCNCC(=O)N(C)CCOc1ccccc1C. The van der Waals surface area contributed by atoms with E-state index in [4.69, 9.17) is 4.74 Å². The molecule has 1 rings (SSSR count). The summed E-state index contributed by atoms with van der Waals surface area (Å²) in [6.07, 6.45) is 1.04. The van der Waals surface area contributed by atoms with Crippen LogP contribution in [0.2, 0.25) is 0 Å². The van der Waals surface area contributed by atoms with Crippen molar-refractivity contribution in [3.63, 3.8) is 0 Å². The number of aryl methyl sites for hydroxylation is 1. The number of nitrogens with one attached hydrogen (secondary N) is 1. The number of hydrogen-bond acceptors (Lipinski definition) is 3. The van der Waals surface area contributed by atoms with Gasteiger partial charge < -0.3 is 15.0 Å². The predicted molar refractivity (Wildman–Crippen MR) is 77.5 cm³/mol. The van der Waals surface area contributed by atoms with Gasteiger partial charge in [0.2, 0.25) is 5.91 Å². The van der Waals surface area contributed by atoms with Crippen molar-refractivity contribution in [2.45, 2.75) is 20.3 Å². The molecule has 0 fully saturated rings. The van der Waals surface area contributed by atoms with Gasteiger partial charge in [-0.1, -0.05) is 25.1 Å². The van der Waals surface area contributed by atoms with E-state index >= 15 is 0 Å². The van der Waals surface area contributed by atoms with Crippen LogP contribution in [-0.4, -0.2) is 44.1 Å². The van der Waals surface area contributed by atoms with Crippen LogP contribution in [0.5, 0.6) is 5.75 Å². The van der Waals surface area contributed by atoms with Crippen LogP contribution < -0.4 is 10.1 Å². The van der Waals surface area contributed by atoms with Crippen molar-refractivity contribution in [2.75, 3.05) is 33.3 Å². The minimum atomic E-state index is 0.0989. The van der Waals surface area contributed by atoms with Crippen molar-refractivity contribution in [1.82, 2.24) is 10.2 Å². The zero-order chi connectivity index (χ0) is 14.1. The lowest BCUT2D eigenvalue weighted by atomic mass is 10.2. The quantitative estimate of drug-likeness (QED) is 0.728. The van der Waals surface area contributed by atoms with E-state index in [1.807, 2.05) is 31.2 Å². The molecule has 0 spiro atoms. The Balaban J connectivity index is 2.25. The number of benzene rings is 1. The Hall–Kier alpha value is -1.55. The van der Waals surface area contributed by atoms with E-state index in [2.05, 4.69) is 12.2 Å². The maximum Gasteiger partial charge on any atom is 0.236 e. The second-order valence-electron chi connectivity index (χ2n) is 4.61. The third-order valence-electron chi connectivity index (χ3n) is 2.91. The van der Waals surface area contributed by atoms with Crippen LogP contribution in [0.25, 0.3) is 0 Å². The average Bonchev–Trinajstić information content (AvgIpc) is 2.41. The maximum absolute atomic E-state index is 11.7. The van der Waals surface area contributed by atoms with E-state index in [0.717, 1.165) is 24.3 Å². The largest absolute Gasteiger partial charge is 0.491 e. The Morgan fingerprint density at radius 3 is 2.79 bits per heavy atom. The van der Waals surface area contributed by atoms with Crippen LogP contribution in [0.15, 0.2) is 24.3 Å². The number of hydrogen-bond donors (Lipinski definition) is 1. The molecule has 0 saturated heterocycles. The number of carbonyl (C=O) groups is 1. The van der Waals surface area contributed by atoms with Gasteiger partial charge in [0.25, 0.3) is 0 Å². The van der Waals surface area contributed by atoms with Crippen molar-refractivity contribution in [2.24, 2.45) is 0 Å². The second kappa shape index (κ2) is 8.53. The Morgan fingerprint density at radius 1 is 1.37 bits per heavy atom. The molecule has 4 nitrogen and oxygen atoms in total. The summed E-state index contributed by atoms with van der Waals surface area (Å²) in [6, 6.07) is 7.89.